The summed E-state index contributed by atoms with van der Waals surface area (Å²) < 4.78 is 22.6. The van der Waals surface area contributed by atoms with Gasteiger partial charge in [-0.1, -0.05) is 6.92 Å². The fourth-order valence-electron chi connectivity index (χ4n) is 1.63. The van der Waals surface area contributed by atoms with Crippen molar-refractivity contribution in [2.75, 3.05) is 11.5 Å². The summed E-state index contributed by atoms with van der Waals surface area (Å²) in [6.45, 7) is 3.58. The van der Waals surface area contributed by atoms with E-state index < -0.39 is 9.84 Å². The molecule has 2 N–H and O–H groups in total. The Hall–Kier alpha value is -0.940. The standard InChI is InChI=1S/C12H20N2O2S/c1-3-17(15,16)8-4-5-12(13)11-6-7-14-10(2)9-11/h6-7,9,12H,3-5,8,13H2,1-2H3. The molecule has 1 heterocycles. The van der Waals surface area contributed by atoms with Crippen molar-refractivity contribution in [2.24, 2.45) is 5.73 Å². The Morgan fingerprint density at radius 2 is 2.18 bits per heavy atom. The summed E-state index contributed by atoms with van der Waals surface area (Å²) in [5.41, 5.74) is 7.96. The van der Waals surface area contributed by atoms with Crippen LogP contribution in [0.5, 0.6) is 0 Å². The number of sulfone groups is 1. The van der Waals surface area contributed by atoms with Crippen LogP contribution in [0.1, 0.15) is 37.1 Å². The first-order chi connectivity index (χ1) is 7.94. The number of hydrogen-bond acceptors (Lipinski definition) is 4. The van der Waals surface area contributed by atoms with Crippen molar-refractivity contribution in [2.45, 2.75) is 32.7 Å². The van der Waals surface area contributed by atoms with Crippen LogP contribution in [0.15, 0.2) is 18.3 Å². The topological polar surface area (TPSA) is 73.0 Å². The molecule has 17 heavy (non-hydrogen) atoms. The quantitative estimate of drug-likeness (QED) is 0.839. The zero-order valence-corrected chi connectivity index (χ0v) is 11.2. The van der Waals surface area contributed by atoms with E-state index in [0.717, 1.165) is 11.3 Å². The minimum Gasteiger partial charge on any atom is -0.324 e. The number of nitrogens with two attached hydrogens (primary N) is 1. The van der Waals surface area contributed by atoms with Gasteiger partial charge >= 0.3 is 0 Å². The van der Waals surface area contributed by atoms with E-state index in [-0.39, 0.29) is 17.5 Å². The molecule has 0 radical (unpaired) electrons. The van der Waals surface area contributed by atoms with Crippen LogP contribution in [0.4, 0.5) is 0 Å². The van der Waals surface area contributed by atoms with Crippen molar-refractivity contribution in [1.29, 1.82) is 0 Å². The van der Waals surface area contributed by atoms with Gasteiger partial charge in [0.25, 0.3) is 0 Å². The van der Waals surface area contributed by atoms with Crippen molar-refractivity contribution in [3.8, 4) is 0 Å². The number of rotatable bonds is 6. The van der Waals surface area contributed by atoms with Crippen LogP contribution < -0.4 is 5.73 Å². The molecular weight excluding hydrogens is 236 g/mol. The SMILES string of the molecule is CCS(=O)(=O)CCCC(N)c1ccnc(C)c1. The fraction of sp³-hybridized carbons (Fsp3) is 0.583. The van der Waals surface area contributed by atoms with Crippen LogP contribution in [-0.4, -0.2) is 24.9 Å². The molecule has 0 fully saturated rings. The number of aromatic nitrogens is 1. The summed E-state index contributed by atoms with van der Waals surface area (Å²) in [6, 6.07) is 3.72. The van der Waals surface area contributed by atoms with Crippen molar-refractivity contribution in [3.05, 3.63) is 29.6 Å². The highest BCUT2D eigenvalue weighted by atomic mass is 32.2. The maximum Gasteiger partial charge on any atom is 0.150 e. The second-order valence-electron chi connectivity index (χ2n) is 4.22. The lowest BCUT2D eigenvalue weighted by Crippen LogP contribution is -2.14. The van der Waals surface area contributed by atoms with Crippen LogP contribution in [0.25, 0.3) is 0 Å². The third-order valence-corrected chi connectivity index (χ3v) is 4.55. The zero-order chi connectivity index (χ0) is 12.9. The lowest BCUT2D eigenvalue weighted by molar-refractivity contribution is 0.583. The van der Waals surface area contributed by atoms with Crippen LogP contribution in [0.2, 0.25) is 0 Å². The van der Waals surface area contributed by atoms with Crippen molar-refractivity contribution in [1.82, 2.24) is 4.98 Å². The summed E-state index contributed by atoms with van der Waals surface area (Å²) in [6.07, 6.45) is 3.02. The molecule has 0 aliphatic rings. The van der Waals surface area contributed by atoms with Gasteiger partial charge in [-0.2, -0.15) is 0 Å². The summed E-state index contributed by atoms with van der Waals surface area (Å²) in [4.78, 5) is 4.10. The molecule has 1 atom stereocenters. The second kappa shape index (κ2) is 6.12. The Bertz CT molecular complexity index is 457. The number of nitrogens with zero attached hydrogens (tertiary/aromatic N) is 1. The van der Waals surface area contributed by atoms with Gasteiger partial charge in [-0.05, 0) is 37.5 Å². The fourth-order valence-corrected chi connectivity index (χ4v) is 2.53. The van der Waals surface area contributed by atoms with E-state index in [1.165, 1.54) is 0 Å². The van der Waals surface area contributed by atoms with Crippen LogP contribution >= 0.6 is 0 Å². The maximum atomic E-state index is 11.3. The Labute approximate surface area is 103 Å². The molecule has 1 rings (SSSR count). The molecule has 1 aromatic heterocycles. The molecule has 96 valence electrons. The Morgan fingerprint density at radius 3 is 2.76 bits per heavy atom. The molecule has 1 unspecified atom stereocenters. The van der Waals surface area contributed by atoms with Gasteiger partial charge < -0.3 is 5.73 Å². The molecule has 0 aromatic carbocycles. The normalized spacial score (nSPS) is 13.6. The number of pyridine rings is 1. The van der Waals surface area contributed by atoms with E-state index in [0.29, 0.717) is 12.8 Å². The average Bonchev–Trinajstić information content (AvgIpc) is 2.28. The molecule has 0 spiro atoms. The largest absolute Gasteiger partial charge is 0.324 e. The third kappa shape index (κ3) is 4.83. The predicted molar refractivity (Wildman–Crippen MR) is 69.5 cm³/mol. The lowest BCUT2D eigenvalue weighted by atomic mass is 10.0. The van der Waals surface area contributed by atoms with Crippen molar-refractivity contribution in [3.63, 3.8) is 0 Å². The van der Waals surface area contributed by atoms with Gasteiger partial charge in [0.1, 0.15) is 9.84 Å². The molecule has 0 saturated carbocycles. The van der Waals surface area contributed by atoms with Gasteiger partial charge in [0, 0.05) is 23.7 Å². The number of aryl methyl sites for hydroxylation is 1. The molecule has 4 nitrogen and oxygen atoms in total. The van der Waals surface area contributed by atoms with Crippen molar-refractivity contribution < 1.29 is 8.42 Å². The molecule has 0 aliphatic carbocycles. The van der Waals surface area contributed by atoms with Crippen LogP contribution in [0, 0.1) is 6.92 Å². The highest BCUT2D eigenvalue weighted by molar-refractivity contribution is 7.91. The predicted octanol–water partition coefficient (Wildman–Crippen LogP) is 1.60. The highest BCUT2D eigenvalue weighted by Gasteiger charge is 2.10. The van der Waals surface area contributed by atoms with E-state index in [2.05, 4.69) is 4.98 Å². The van der Waals surface area contributed by atoms with E-state index in [1.807, 2.05) is 19.1 Å². The summed E-state index contributed by atoms with van der Waals surface area (Å²) in [5, 5.41) is 0. The minimum atomic E-state index is -2.87. The van der Waals surface area contributed by atoms with Gasteiger partial charge in [-0.25, -0.2) is 8.42 Å². The Morgan fingerprint density at radius 1 is 1.47 bits per heavy atom. The molecule has 0 saturated heterocycles. The monoisotopic (exact) mass is 256 g/mol. The van der Waals surface area contributed by atoms with Crippen LogP contribution in [0.3, 0.4) is 0 Å². The van der Waals surface area contributed by atoms with Crippen LogP contribution in [-0.2, 0) is 9.84 Å². The Kier molecular flexibility index (Phi) is 5.08. The summed E-state index contributed by atoms with van der Waals surface area (Å²) in [7, 11) is -2.87. The lowest BCUT2D eigenvalue weighted by Gasteiger charge is -2.12. The van der Waals surface area contributed by atoms with E-state index in [1.54, 1.807) is 13.1 Å². The van der Waals surface area contributed by atoms with E-state index >= 15 is 0 Å². The molecular formula is C12H20N2O2S. The first-order valence-corrected chi connectivity index (χ1v) is 7.65. The second-order valence-corrected chi connectivity index (χ2v) is 6.69. The average molecular weight is 256 g/mol. The smallest absolute Gasteiger partial charge is 0.150 e. The van der Waals surface area contributed by atoms with E-state index in [9.17, 15) is 8.42 Å². The molecule has 1 aromatic rings. The first-order valence-electron chi connectivity index (χ1n) is 5.83. The molecule has 0 amide bonds. The first kappa shape index (κ1) is 14.1. The summed E-state index contributed by atoms with van der Waals surface area (Å²) >= 11 is 0. The minimum absolute atomic E-state index is 0.108. The van der Waals surface area contributed by atoms with Gasteiger partial charge in [0.2, 0.25) is 0 Å². The van der Waals surface area contributed by atoms with Gasteiger partial charge in [0.15, 0.2) is 0 Å². The zero-order valence-electron chi connectivity index (χ0n) is 10.4. The molecule has 0 aliphatic heterocycles. The third-order valence-electron chi connectivity index (χ3n) is 2.76. The summed E-state index contributed by atoms with van der Waals surface area (Å²) in [5.74, 6) is 0.428. The highest BCUT2D eigenvalue weighted by Crippen LogP contribution is 2.16. The van der Waals surface area contributed by atoms with Crippen molar-refractivity contribution >= 4 is 9.84 Å². The Balaban J connectivity index is 2.48. The van der Waals surface area contributed by atoms with Gasteiger partial charge in [-0.3, -0.25) is 4.98 Å². The molecule has 0 bridgehead atoms. The number of hydrogen-bond donors (Lipinski definition) is 1. The van der Waals surface area contributed by atoms with Gasteiger partial charge in [0.05, 0.1) is 5.75 Å². The van der Waals surface area contributed by atoms with Gasteiger partial charge in [-0.15, -0.1) is 0 Å². The maximum absolute atomic E-state index is 11.3. The van der Waals surface area contributed by atoms with E-state index in [4.69, 9.17) is 5.73 Å². The molecule has 5 heteroatoms.